The maximum atomic E-state index is 11.3. The molecule has 2 rings (SSSR count). The number of hydrogen-bond donors (Lipinski definition) is 1. The molecule has 0 unspecified atom stereocenters. The summed E-state index contributed by atoms with van der Waals surface area (Å²) in [5.74, 6) is -0.677. The summed E-state index contributed by atoms with van der Waals surface area (Å²) in [4.78, 5) is 23.4. The highest BCUT2D eigenvalue weighted by Gasteiger charge is 2.21. The van der Waals surface area contributed by atoms with E-state index in [1.54, 1.807) is 11.9 Å². The standard InChI is InChI=1S/C14H18N2O5/c1-15(9-10-4-6-21-7-5-10)13-8-11(16(19)20)2-3-12(13)14(17)18/h2-3,8,10H,4-7,9H2,1H3,(H,17,18). The molecule has 1 aliphatic rings. The third-order valence-corrected chi connectivity index (χ3v) is 3.71. The van der Waals surface area contributed by atoms with Gasteiger partial charge in [-0.05, 0) is 24.8 Å². The molecule has 1 saturated heterocycles. The van der Waals surface area contributed by atoms with Crippen LogP contribution in [0.4, 0.5) is 11.4 Å². The van der Waals surface area contributed by atoms with Crippen LogP contribution < -0.4 is 4.90 Å². The molecular weight excluding hydrogens is 276 g/mol. The third kappa shape index (κ3) is 3.69. The summed E-state index contributed by atoms with van der Waals surface area (Å²) < 4.78 is 5.30. The summed E-state index contributed by atoms with van der Waals surface area (Å²) in [5, 5.41) is 20.1. The van der Waals surface area contributed by atoms with Gasteiger partial charge in [0.15, 0.2) is 0 Å². The minimum absolute atomic E-state index is 0.0789. The maximum Gasteiger partial charge on any atom is 0.337 e. The zero-order chi connectivity index (χ0) is 15.4. The number of anilines is 1. The Morgan fingerprint density at radius 2 is 2.14 bits per heavy atom. The minimum Gasteiger partial charge on any atom is -0.478 e. The quantitative estimate of drug-likeness (QED) is 0.660. The summed E-state index contributed by atoms with van der Waals surface area (Å²) in [6.07, 6.45) is 1.84. The number of rotatable bonds is 5. The number of carboxylic acids is 1. The Balaban J connectivity index is 2.23. The van der Waals surface area contributed by atoms with E-state index in [1.165, 1.54) is 18.2 Å². The van der Waals surface area contributed by atoms with Crippen molar-refractivity contribution in [2.24, 2.45) is 5.92 Å². The molecule has 0 aromatic heterocycles. The Morgan fingerprint density at radius 3 is 2.71 bits per heavy atom. The molecule has 0 aliphatic carbocycles. The summed E-state index contributed by atoms with van der Waals surface area (Å²) in [6.45, 7) is 2.07. The molecule has 21 heavy (non-hydrogen) atoms. The van der Waals surface area contributed by atoms with Gasteiger partial charge in [0.05, 0.1) is 16.2 Å². The van der Waals surface area contributed by atoms with Gasteiger partial charge in [0.25, 0.3) is 5.69 Å². The van der Waals surface area contributed by atoms with Crippen molar-refractivity contribution in [2.45, 2.75) is 12.8 Å². The van der Waals surface area contributed by atoms with Gasteiger partial charge in [0.1, 0.15) is 0 Å². The van der Waals surface area contributed by atoms with Crippen LogP contribution in [0.25, 0.3) is 0 Å². The van der Waals surface area contributed by atoms with E-state index in [0.717, 1.165) is 12.8 Å². The van der Waals surface area contributed by atoms with Crippen LogP contribution in [0, 0.1) is 16.0 Å². The van der Waals surface area contributed by atoms with E-state index in [1.807, 2.05) is 0 Å². The molecule has 1 aromatic rings. The maximum absolute atomic E-state index is 11.3. The molecule has 114 valence electrons. The van der Waals surface area contributed by atoms with Crippen molar-refractivity contribution in [2.75, 3.05) is 31.7 Å². The molecule has 0 bridgehead atoms. The molecule has 0 saturated carbocycles. The number of nitro groups is 1. The monoisotopic (exact) mass is 294 g/mol. The van der Waals surface area contributed by atoms with E-state index >= 15 is 0 Å². The fourth-order valence-electron chi connectivity index (χ4n) is 2.54. The topological polar surface area (TPSA) is 92.9 Å². The van der Waals surface area contributed by atoms with Gasteiger partial charge in [-0.25, -0.2) is 4.79 Å². The van der Waals surface area contributed by atoms with Gasteiger partial charge in [-0.2, -0.15) is 0 Å². The molecule has 7 heteroatoms. The van der Waals surface area contributed by atoms with Gasteiger partial charge in [0, 0.05) is 38.9 Å². The van der Waals surface area contributed by atoms with Crippen molar-refractivity contribution < 1.29 is 19.6 Å². The summed E-state index contributed by atoms with van der Waals surface area (Å²) in [7, 11) is 1.76. The summed E-state index contributed by atoms with van der Waals surface area (Å²) in [5.41, 5.74) is 0.354. The van der Waals surface area contributed by atoms with E-state index in [2.05, 4.69) is 0 Å². The molecule has 0 amide bonds. The van der Waals surface area contributed by atoms with Crippen LogP contribution in [0.3, 0.4) is 0 Å². The lowest BCUT2D eigenvalue weighted by molar-refractivity contribution is -0.384. The van der Waals surface area contributed by atoms with Gasteiger partial charge in [-0.1, -0.05) is 0 Å². The van der Waals surface area contributed by atoms with Gasteiger partial charge < -0.3 is 14.7 Å². The molecule has 7 nitrogen and oxygen atoms in total. The van der Waals surface area contributed by atoms with Crippen molar-refractivity contribution in [3.05, 3.63) is 33.9 Å². The molecule has 0 atom stereocenters. The molecule has 1 N–H and O–H groups in total. The van der Waals surface area contributed by atoms with Crippen LogP contribution in [-0.4, -0.2) is 42.8 Å². The van der Waals surface area contributed by atoms with Gasteiger partial charge in [-0.15, -0.1) is 0 Å². The highest BCUT2D eigenvalue weighted by molar-refractivity contribution is 5.95. The number of hydrogen-bond acceptors (Lipinski definition) is 5. The van der Waals surface area contributed by atoms with Crippen LogP contribution >= 0.6 is 0 Å². The first kappa shape index (κ1) is 15.2. The predicted octanol–water partition coefficient (Wildman–Crippen LogP) is 2.16. The number of ether oxygens (including phenoxy) is 1. The zero-order valence-electron chi connectivity index (χ0n) is 11.8. The molecule has 1 aliphatic heterocycles. The number of aromatic carboxylic acids is 1. The number of non-ortho nitro benzene ring substituents is 1. The Morgan fingerprint density at radius 1 is 1.48 bits per heavy atom. The average molecular weight is 294 g/mol. The van der Waals surface area contributed by atoms with Crippen molar-refractivity contribution in [3.8, 4) is 0 Å². The van der Waals surface area contributed by atoms with Crippen LogP contribution in [0.5, 0.6) is 0 Å². The van der Waals surface area contributed by atoms with Crippen LogP contribution in [0.1, 0.15) is 23.2 Å². The molecular formula is C14H18N2O5. The Labute approximate surface area is 122 Å². The normalized spacial score (nSPS) is 15.7. The zero-order valence-corrected chi connectivity index (χ0v) is 11.8. The van der Waals surface area contributed by atoms with E-state index in [9.17, 15) is 20.0 Å². The van der Waals surface area contributed by atoms with Gasteiger partial charge >= 0.3 is 5.97 Å². The number of carbonyl (C=O) groups is 1. The van der Waals surface area contributed by atoms with Crippen molar-refractivity contribution in [1.29, 1.82) is 0 Å². The Hall–Kier alpha value is -2.15. The van der Waals surface area contributed by atoms with Gasteiger partial charge in [-0.3, -0.25) is 10.1 Å². The first-order chi connectivity index (χ1) is 9.99. The number of nitro benzene ring substituents is 1. The van der Waals surface area contributed by atoms with Crippen LogP contribution in [0.2, 0.25) is 0 Å². The van der Waals surface area contributed by atoms with Crippen molar-refractivity contribution in [1.82, 2.24) is 0 Å². The third-order valence-electron chi connectivity index (χ3n) is 3.71. The van der Waals surface area contributed by atoms with E-state index in [0.29, 0.717) is 31.4 Å². The van der Waals surface area contributed by atoms with Gasteiger partial charge in [0.2, 0.25) is 0 Å². The Kier molecular flexibility index (Phi) is 4.74. The van der Waals surface area contributed by atoms with E-state index in [-0.39, 0.29) is 11.3 Å². The molecule has 1 heterocycles. The number of carboxylic acid groups (broad SMARTS) is 1. The fraction of sp³-hybridized carbons (Fsp3) is 0.500. The lowest BCUT2D eigenvalue weighted by Crippen LogP contribution is -2.30. The van der Waals surface area contributed by atoms with Crippen LogP contribution in [0.15, 0.2) is 18.2 Å². The second-order valence-corrected chi connectivity index (χ2v) is 5.20. The smallest absolute Gasteiger partial charge is 0.337 e. The second kappa shape index (κ2) is 6.53. The van der Waals surface area contributed by atoms with Crippen molar-refractivity contribution in [3.63, 3.8) is 0 Å². The van der Waals surface area contributed by atoms with Crippen molar-refractivity contribution >= 4 is 17.3 Å². The highest BCUT2D eigenvalue weighted by atomic mass is 16.6. The first-order valence-electron chi connectivity index (χ1n) is 6.79. The number of benzene rings is 1. The summed E-state index contributed by atoms with van der Waals surface area (Å²) >= 11 is 0. The molecule has 0 radical (unpaired) electrons. The largest absolute Gasteiger partial charge is 0.478 e. The van der Waals surface area contributed by atoms with Crippen LogP contribution in [-0.2, 0) is 4.74 Å². The molecule has 0 spiro atoms. The molecule has 1 fully saturated rings. The average Bonchev–Trinajstić information content (AvgIpc) is 2.47. The Bertz CT molecular complexity index is 540. The number of nitrogens with zero attached hydrogens (tertiary/aromatic N) is 2. The first-order valence-corrected chi connectivity index (χ1v) is 6.79. The van der Waals surface area contributed by atoms with E-state index in [4.69, 9.17) is 4.74 Å². The lowest BCUT2D eigenvalue weighted by atomic mass is 9.99. The second-order valence-electron chi connectivity index (χ2n) is 5.20. The fourth-order valence-corrected chi connectivity index (χ4v) is 2.54. The predicted molar refractivity (Wildman–Crippen MR) is 76.9 cm³/mol. The van der Waals surface area contributed by atoms with E-state index < -0.39 is 10.9 Å². The summed E-state index contributed by atoms with van der Waals surface area (Å²) in [6, 6.07) is 3.83. The lowest BCUT2D eigenvalue weighted by Gasteiger charge is -2.29. The highest BCUT2D eigenvalue weighted by Crippen LogP contribution is 2.27. The SMILES string of the molecule is CN(CC1CCOCC1)c1cc([N+](=O)[O-])ccc1C(=O)O. The minimum atomic E-state index is -1.08. The molecule has 1 aromatic carbocycles.